The number of ketones is 1. The first-order valence-electron chi connectivity index (χ1n) is 3.66. The fourth-order valence-corrected chi connectivity index (χ4v) is 1.59. The largest absolute Gasteiger partial charge is 0.508 e. The standard InChI is InChI=1S/C9H9IO2/c1-2-9(12)6-3-7(10)5-8(11)4-6/h3-5,11H,2H2,1H3. The number of hydrogen-bond acceptors (Lipinski definition) is 2. The second-order valence-corrected chi connectivity index (χ2v) is 3.72. The third kappa shape index (κ3) is 2.20. The Bertz CT molecular complexity index is 287. The number of phenolic OH excluding ortho intramolecular Hbond substituents is 1. The summed E-state index contributed by atoms with van der Waals surface area (Å²) in [6.07, 6.45) is 0.472. The molecule has 12 heavy (non-hydrogen) atoms. The van der Waals surface area contributed by atoms with Gasteiger partial charge in [0.2, 0.25) is 0 Å². The molecule has 2 nitrogen and oxygen atoms in total. The van der Waals surface area contributed by atoms with Gasteiger partial charge in [-0.1, -0.05) is 6.92 Å². The Morgan fingerprint density at radius 2 is 2.17 bits per heavy atom. The van der Waals surface area contributed by atoms with Crippen LogP contribution >= 0.6 is 22.6 Å². The highest BCUT2D eigenvalue weighted by atomic mass is 127. The van der Waals surface area contributed by atoms with Gasteiger partial charge in [0.25, 0.3) is 0 Å². The number of phenols is 1. The van der Waals surface area contributed by atoms with Crippen LogP contribution in [-0.4, -0.2) is 10.9 Å². The summed E-state index contributed by atoms with van der Waals surface area (Å²) < 4.78 is 0.879. The fraction of sp³-hybridized carbons (Fsp3) is 0.222. The van der Waals surface area contributed by atoms with E-state index in [2.05, 4.69) is 22.6 Å². The molecule has 0 radical (unpaired) electrons. The third-order valence-corrected chi connectivity index (χ3v) is 2.15. The van der Waals surface area contributed by atoms with Gasteiger partial charge in [-0.3, -0.25) is 4.79 Å². The lowest BCUT2D eigenvalue weighted by Crippen LogP contribution is -1.96. The number of halogens is 1. The Balaban J connectivity index is 3.08. The summed E-state index contributed by atoms with van der Waals surface area (Å²) in [7, 11) is 0. The molecule has 64 valence electrons. The van der Waals surface area contributed by atoms with Crippen LogP contribution in [0, 0.1) is 3.57 Å². The molecule has 0 unspecified atom stereocenters. The number of hydrogen-bond donors (Lipinski definition) is 1. The Labute approximate surface area is 84.7 Å². The molecule has 0 atom stereocenters. The van der Waals surface area contributed by atoms with Gasteiger partial charge < -0.3 is 5.11 Å². The minimum Gasteiger partial charge on any atom is -0.508 e. The van der Waals surface area contributed by atoms with Crippen LogP contribution in [0.4, 0.5) is 0 Å². The van der Waals surface area contributed by atoms with Crippen LogP contribution < -0.4 is 0 Å². The SMILES string of the molecule is CCC(=O)c1cc(O)cc(I)c1. The lowest BCUT2D eigenvalue weighted by atomic mass is 10.1. The monoisotopic (exact) mass is 276 g/mol. The molecule has 0 aromatic heterocycles. The van der Waals surface area contributed by atoms with Crippen molar-refractivity contribution in [1.82, 2.24) is 0 Å². The Morgan fingerprint density at radius 3 is 2.67 bits per heavy atom. The first-order valence-corrected chi connectivity index (χ1v) is 4.74. The lowest BCUT2D eigenvalue weighted by molar-refractivity contribution is 0.0987. The molecule has 3 heteroatoms. The van der Waals surface area contributed by atoms with Crippen LogP contribution in [0.3, 0.4) is 0 Å². The van der Waals surface area contributed by atoms with E-state index in [0.717, 1.165) is 3.57 Å². The van der Waals surface area contributed by atoms with E-state index < -0.39 is 0 Å². The Morgan fingerprint density at radius 1 is 1.50 bits per heavy atom. The van der Waals surface area contributed by atoms with Crippen LogP contribution in [0.25, 0.3) is 0 Å². The highest BCUT2D eigenvalue weighted by Crippen LogP contribution is 2.18. The minimum atomic E-state index is 0.0591. The predicted octanol–water partition coefficient (Wildman–Crippen LogP) is 2.59. The zero-order chi connectivity index (χ0) is 9.14. The van der Waals surface area contributed by atoms with Crippen LogP contribution in [0.1, 0.15) is 23.7 Å². The first-order chi connectivity index (χ1) is 5.63. The van der Waals surface area contributed by atoms with Gasteiger partial charge in [0.15, 0.2) is 5.78 Å². The number of rotatable bonds is 2. The van der Waals surface area contributed by atoms with Crippen molar-refractivity contribution >= 4 is 28.4 Å². The summed E-state index contributed by atoms with van der Waals surface area (Å²) in [5.74, 6) is 0.211. The molecular formula is C9H9IO2. The second-order valence-electron chi connectivity index (χ2n) is 2.47. The van der Waals surface area contributed by atoms with Crippen LogP contribution in [0.2, 0.25) is 0 Å². The maximum absolute atomic E-state index is 11.2. The summed E-state index contributed by atoms with van der Waals surface area (Å²) in [6.45, 7) is 1.80. The topological polar surface area (TPSA) is 37.3 Å². The number of aromatic hydroxyl groups is 1. The van der Waals surface area contributed by atoms with Crippen molar-refractivity contribution in [2.75, 3.05) is 0 Å². The molecule has 0 amide bonds. The normalized spacial score (nSPS) is 9.83. The van der Waals surface area contributed by atoms with E-state index in [-0.39, 0.29) is 11.5 Å². The predicted molar refractivity (Wildman–Crippen MR) is 55.4 cm³/mol. The molecule has 0 fully saturated rings. The van der Waals surface area contributed by atoms with E-state index in [1.165, 1.54) is 6.07 Å². The molecule has 0 spiro atoms. The Kier molecular flexibility index (Phi) is 3.08. The molecular weight excluding hydrogens is 267 g/mol. The molecule has 0 aliphatic rings. The van der Waals surface area contributed by atoms with Gasteiger partial charge in [-0.05, 0) is 40.8 Å². The molecule has 1 rings (SSSR count). The van der Waals surface area contributed by atoms with Crippen LogP contribution in [0.15, 0.2) is 18.2 Å². The molecule has 0 saturated heterocycles. The zero-order valence-electron chi connectivity index (χ0n) is 6.67. The zero-order valence-corrected chi connectivity index (χ0v) is 8.83. The van der Waals surface area contributed by atoms with E-state index in [4.69, 9.17) is 0 Å². The van der Waals surface area contributed by atoms with E-state index in [1.54, 1.807) is 19.1 Å². The van der Waals surface area contributed by atoms with Crippen molar-refractivity contribution in [2.45, 2.75) is 13.3 Å². The average molecular weight is 276 g/mol. The van der Waals surface area contributed by atoms with Gasteiger partial charge in [0.05, 0.1) is 0 Å². The van der Waals surface area contributed by atoms with E-state index in [9.17, 15) is 9.90 Å². The van der Waals surface area contributed by atoms with E-state index in [1.807, 2.05) is 0 Å². The summed E-state index contributed by atoms with van der Waals surface area (Å²) in [4.78, 5) is 11.2. The van der Waals surface area contributed by atoms with E-state index in [0.29, 0.717) is 12.0 Å². The van der Waals surface area contributed by atoms with Crippen molar-refractivity contribution in [3.63, 3.8) is 0 Å². The number of benzene rings is 1. The van der Waals surface area contributed by atoms with Crippen LogP contribution in [-0.2, 0) is 0 Å². The highest BCUT2D eigenvalue weighted by molar-refractivity contribution is 14.1. The molecule has 1 aromatic rings. The fourth-order valence-electron chi connectivity index (χ4n) is 0.939. The van der Waals surface area contributed by atoms with Gasteiger partial charge in [-0.25, -0.2) is 0 Å². The molecule has 1 aromatic carbocycles. The summed E-state index contributed by atoms with van der Waals surface area (Å²) >= 11 is 2.07. The number of Topliss-reactive ketones (excluding diaryl/α,β-unsaturated/α-hetero) is 1. The third-order valence-electron chi connectivity index (χ3n) is 1.53. The van der Waals surface area contributed by atoms with Gasteiger partial charge in [0.1, 0.15) is 5.75 Å². The molecule has 1 N–H and O–H groups in total. The van der Waals surface area contributed by atoms with Crippen molar-refractivity contribution in [1.29, 1.82) is 0 Å². The summed E-state index contributed by atoms with van der Waals surface area (Å²) in [6, 6.07) is 4.88. The highest BCUT2D eigenvalue weighted by Gasteiger charge is 2.04. The average Bonchev–Trinajstić information content (AvgIpc) is 2.01. The Hall–Kier alpha value is -0.580. The number of carbonyl (C=O) groups is 1. The quantitative estimate of drug-likeness (QED) is 0.666. The van der Waals surface area contributed by atoms with Gasteiger partial charge in [-0.2, -0.15) is 0 Å². The summed E-state index contributed by atoms with van der Waals surface area (Å²) in [5, 5.41) is 9.18. The van der Waals surface area contributed by atoms with Crippen LogP contribution in [0.5, 0.6) is 5.75 Å². The molecule has 0 saturated carbocycles. The summed E-state index contributed by atoms with van der Waals surface area (Å²) in [5.41, 5.74) is 0.585. The lowest BCUT2D eigenvalue weighted by Gasteiger charge is -1.99. The van der Waals surface area contributed by atoms with Crippen molar-refractivity contribution in [3.8, 4) is 5.75 Å². The molecule has 0 aliphatic carbocycles. The number of carbonyl (C=O) groups excluding carboxylic acids is 1. The van der Waals surface area contributed by atoms with Crippen molar-refractivity contribution in [2.24, 2.45) is 0 Å². The maximum atomic E-state index is 11.2. The maximum Gasteiger partial charge on any atom is 0.162 e. The second kappa shape index (κ2) is 3.89. The van der Waals surface area contributed by atoms with Gasteiger partial charge in [-0.15, -0.1) is 0 Å². The van der Waals surface area contributed by atoms with Gasteiger partial charge >= 0.3 is 0 Å². The van der Waals surface area contributed by atoms with E-state index >= 15 is 0 Å². The molecule has 0 heterocycles. The smallest absolute Gasteiger partial charge is 0.162 e. The molecule has 0 aliphatic heterocycles. The van der Waals surface area contributed by atoms with Crippen molar-refractivity contribution < 1.29 is 9.90 Å². The minimum absolute atomic E-state index is 0.0591. The van der Waals surface area contributed by atoms with Crippen molar-refractivity contribution in [3.05, 3.63) is 27.3 Å². The molecule has 0 bridgehead atoms. The first kappa shape index (κ1) is 9.51. The van der Waals surface area contributed by atoms with Gasteiger partial charge in [0, 0.05) is 15.6 Å².